The smallest absolute Gasteiger partial charge is 0.457 e. The fourth-order valence-corrected chi connectivity index (χ4v) is 6.44. The van der Waals surface area contributed by atoms with Gasteiger partial charge in [-0.2, -0.15) is 0 Å². The van der Waals surface area contributed by atoms with Crippen molar-refractivity contribution in [2.24, 2.45) is 5.73 Å². The average Bonchev–Trinajstić information content (AvgIpc) is 3.21. The van der Waals surface area contributed by atoms with Crippen LogP contribution in [0.3, 0.4) is 0 Å². The molecule has 0 aliphatic carbocycles. The van der Waals surface area contributed by atoms with Gasteiger partial charge >= 0.3 is 13.8 Å². The third-order valence-electron chi connectivity index (χ3n) is 8.99. The van der Waals surface area contributed by atoms with Gasteiger partial charge < -0.3 is 20.1 Å². The Balaban J connectivity index is 4.13. The van der Waals surface area contributed by atoms with Gasteiger partial charge in [0.15, 0.2) is 0 Å². The largest absolute Gasteiger partial charge is 0.472 e. The second kappa shape index (κ2) is 45.5. The Morgan fingerprint density at radius 2 is 0.966 bits per heavy atom. The topological polar surface area (TPSA) is 117 Å². The molecule has 2 atom stereocenters. The molecule has 332 valence electrons. The van der Waals surface area contributed by atoms with Crippen LogP contribution < -0.4 is 5.73 Å². The standard InChI is InChI=1S/C49H84NO7P/c1-3-5-7-9-11-13-15-17-19-21-23-25-27-29-31-33-35-37-39-41-44-54-46-48(47-56-58(52,53)55-45-43-50)57-49(51)42-40-38-36-34-32-30-28-26-24-22-20-18-16-14-12-10-8-6-4-2/h5,7,11-14,17-20,23-26,29,31,48H,3-4,6,8-10,15-16,21-22,27-28,30,32-47,50H2,1-2H3,(H,52,53)/b7-5-,13-11-,14-12-,19-17-,20-18-,25-23-,26-24-,31-29-. The average molecular weight is 830 g/mol. The molecule has 0 aromatic rings. The first-order valence-electron chi connectivity index (χ1n) is 22.7. The van der Waals surface area contributed by atoms with Gasteiger partial charge in [0.05, 0.1) is 19.8 Å². The predicted octanol–water partition coefficient (Wildman–Crippen LogP) is 13.9. The molecule has 58 heavy (non-hydrogen) atoms. The fraction of sp³-hybridized carbons (Fsp3) is 0.653. The Hall–Kier alpha value is -2.58. The number of phosphoric ester groups is 1. The summed E-state index contributed by atoms with van der Waals surface area (Å²) in [6, 6.07) is 0. The number of hydrogen-bond acceptors (Lipinski definition) is 7. The Labute approximate surface area is 355 Å². The van der Waals surface area contributed by atoms with Crippen LogP contribution in [0.1, 0.15) is 168 Å². The van der Waals surface area contributed by atoms with Gasteiger partial charge in [-0.05, 0) is 96.3 Å². The number of carbonyl (C=O) groups is 1. The summed E-state index contributed by atoms with van der Waals surface area (Å²) in [6.07, 6.45) is 59.9. The molecule has 0 saturated carbocycles. The molecule has 0 spiro atoms. The van der Waals surface area contributed by atoms with Crippen LogP contribution in [0.2, 0.25) is 0 Å². The molecule has 0 saturated heterocycles. The normalized spacial score (nSPS) is 14.3. The van der Waals surface area contributed by atoms with Gasteiger partial charge in [0.25, 0.3) is 0 Å². The molecular formula is C49H84NO7P. The first-order chi connectivity index (χ1) is 28.4. The second-order valence-corrected chi connectivity index (χ2v) is 16.0. The highest BCUT2D eigenvalue weighted by atomic mass is 31.2. The number of nitrogens with two attached hydrogens (primary N) is 1. The summed E-state index contributed by atoms with van der Waals surface area (Å²) in [5.74, 6) is -0.356. The minimum absolute atomic E-state index is 0.0872. The lowest BCUT2D eigenvalue weighted by Gasteiger charge is -2.20. The van der Waals surface area contributed by atoms with Gasteiger partial charge in [0.1, 0.15) is 6.10 Å². The van der Waals surface area contributed by atoms with Crippen molar-refractivity contribution < 1.29 is 32.8 Å². The van der Waals surface area contributed by atoms with E-state index in [1.54, 1.807) is 0 Å². The van der Waals surface area contributed by atoms with Crippen molar-refractivity contribution in [2.45, 2.75) is 174 Å². The van der Waals surface area contributed by atoms with Crippen molar-refractivity contribution in [3.63, 3.8) is 0 Å². The summed E-state index contributed by atoms with van der Waals surface area (Å²) in [4.78, 5) is 22.5. The number of phosphoric acid groups is 1. The van der Waals surface area contributed by atoms with Crippen molar-refractivity contribution in [3.8, 4) is 0 Å². The minimum atomic E-state index is -4.30. The minimum Gasteiger partial charge on any atom is -0.457 e. The third kappa shape index (κ3) is 44.5. The van der Waals surface area contributed by atoms with Crippen LogP contribution in [0, 0.1) is 0 Å². The van der Waals surface area contributed by atoms with Gasteiger partial charge in [-0.1, -0.05) is 162 Å². The lowest BCUT2D eigenvalue weighted by molar-refractivity contribution is -0.154. The Bertz CT molecular complexity index is 1200. The number of ether oxygens (including phenoxy) is 2. The first kappa shape index (κ1) is 55.4. The van der Waals surface area contributed by atoms with Crippen LogP contribution in [0.15, 0.2) is 97.2 Å². The predicted molar refractivity (Wildman–Crippen MR) is 247 cm³/mol. The zero-order chi connectivity index (χ0) is 42.3. The number of allylic oxidation sites excluding steroid dienone is 16. The van der Waals surface area contributed by atoms with Gasteiger partial charge in [-0.25, -0.2) is 4.57 Å². The van der Waals surface area contributed by atoms with Crippen LogP contribution in [0.5, 0.6) is 0 Å². The Morgan fingerprint density at radius 3 is 1.45 bits per heavy atom. The quantitative estimate of drug-likeness (QED) is 0.0270. The highest BCUT2D eigenvalue weighted by Gasteiger charge is 2.25. The lowest BCUT2D eigenvalue weighted by Crippen LogP contribution is -2.28. The van der Waals surface area contributed by atoms with Crippen LogP contribution >= 0.6 is 7.82 Å². The van der Waals surface area contributed by atoms with Crippen LogP contribution in [0.25, 0.3) is 0 Å². The SMILES string of the molecule is CC/C=C\C/C=C\C/C=C\C/C=C\C/C=C\CCCCCCOCC(COP(=O)(O)OCCN)OC(=O)CCCCCCCC/C=C\C/C=C\C/C=C\CCCCC. The van der Waals surface area contributed by atoms with Gasteiger partial charge in [-0.3, -0.25) is 13.8 Å². The third-order valence-corrected chi connectivity index (χ3v) is 9.97. The molecule has 9 heteroatoms. The summed E-state index contributed by atoms with van der Waals surface area (Å²) < 4.78 is 33.4. The number of carbonyl (C=O) groups excluding carboxylic acids is 1. The molecule has 0 radical (unpaired) electrons. The van der Waals surface area contributed by atoms with Gasteiger partial charge in [-0.15, -0.1) is 0 Å². The van der Waals surface area contributed by atoms with Crippen molar-refractivity contribution >= 4 is 13.8 Å². The molecule has 0 heterocycles. The molecule has 0 aliphatic rings. The molecule has 0 amide bonds. The molecule has 0 aromatic heterocycles. The summed E-state index contributed by atoms with van der Waals surface area (Å²) in [5.41, 5.74) is 5.37. The second-order valence-electron chi connectivity index (χ2n) is 14.5. The summed E-state index contributed by atoms with van der Waals surface area (Å²) in [7, 11) is -4.30. The Kier molecular flexibility index (Phi) is 43.5. The molecule has 0 aliphatic heterocycles. The Morgan fingerprint density at radius 1 is 0.534 bits per heavy atom. The van der Waals surface area contributed by atoms with E-state index in [0.29, 0.717) is 13.0 Å². The van der Waals surface area contributed by atoms with Crippen molar-refractivity contribution in [3.05, 3.63) is 97.2 Å². The highest BCUT2D eigenvalue weighted by Crippen LogP contribution is 2.43. The maximum Gasteiger partial charge on any atom is 0.472 e. The summed E-state index contributed by atoms with van der Waals surface area (Å²) >= 11 is 0. The lowest BCUT2D eigenvalue weighted by atomic mass is 10.1. The molecule has 8 nitrogen and oxygen atoms in total. The summed E-state index contributed by atoms with van der Waals surface area (Å²) in [5, 5.41) is 0. The first-order valence-corrected chi connectivity index (χ1v) is 24.2. The van der Waals surface area contributed by atoms with Crippen molar-refractivity contribution in [1.82, 2.24) is 0 Å². The fourth-order valence-electron chi connectivity index (χ4n) is 5.68. The van der Waals surface area contributed by atoms with Crippen LogP contribution in [-0.2, 0) is 27.9 Å². The number of rotatable bonds is 42. The van der Waals surface area contributed by atoms with Crippen molar-refractivity contribution in [1.29, 1.82) is 0 Å². The van der Waals surface area contributed by atoms with Crippen LogP contribution in [0.4, 0.5) is 0 Å². The summed E-state index contributed by atoms with van der Waals surface area (Å²) in [6.45, 7) is 4.67. The van der Waals surface area contributed by atoms with Crippen LogP contribution in [-0.4, -0.2) is 49.9 Å². The van der Waals surface area contributed by atoms with E-state index >= 15 is 0 Å². The number of unbranched alkanes of at least 4 members (excludes halogenated alkanes) is 13. The molecule has 3 N–H and O–H groups in total. The monoisotopic (exact) mass is 830 g/mol. The number of esters is 1. The maximum atomic E-state index is 12.6. The molecule has 0 aromatic carbocycles. The molecule has 0 rings (SSSR count). The molecule has 2 unspecified atom stereocenters. The van der Waals surface area contributed by atoms with E-state index in [-0.39, 0.29) is 32.3 Å². The molecule has 0 fully saturated rings. The van der Waals surface area contributed by atoms with E-state index in [9.17, 15) is 14.3 Å². The van der Waals surface area contributed by atoms with Crippen molar-refractivity contribution in [2.75, 3.05) is 33.0 Å². The molecule has 0 bridgehead atoms. The van der Waals surface area contributed by atoms with E-state index in [1.807, 2.05) is 0 Å². The van der Waals surface area contributed by atoms with E-state index in [1.165, 1.54) is 38.5 Å². The maximum absolute atomic E-state index is 12.6. The zero-order valence-corrected chi connectivity index (χ0v) is 37.6. The molecular weight excluding hydrogens is 746 g/mol. The zero-order valence-electron chi connectivity index (χ0n) is 36.7. The van der Waals surface area contributed by atoms with E-state index in [2.05, 4.69) is 111 Å². The number of hydrogen-bond donors (Lipinski definition) is 2. The van der Waals surface area contributed by atoms with E-state index in [0.717, 1.165) is 109 Å². The van der Waals surface area contributed by atoms with Gasteiger partial charge in [0.2, 0.25) is 0 Å². The van der Waals surface area contributed by atoms with E-state index < -0.39 is 13.9 Å². The van der Waals surface area contributed by atoms with E-state index in [4.69, 9.17) is 24.3 Å². The van der Waals surface area contributed by atoms with Gasteiger partial charge in [0, 0.05) is 19.6 Å². The highest BCUT2D eigenvalue weighted by molar-refractivity contribution is 7.47.